The molecule has 0 radical (unpaired) electrons. The van der Waals surface area contributed by atoms with Gasteiger partial charge >= 0.3 is 0 Å². The van der Waals surface area contributed by atoms with Crippen LogP contribution in [0.15, 0.2) is 53.8 Å². The van der Waals surface area contributed by atoms with Crippen LogP contribution in [0.4, 0.5) is 5.69 Å². The summed E-state index contributed by atoms with van der Waals surface area (Å²) in [4.78, 5) is 11.1. The van der Waals surface area contributed by atoms with E-state index < -0.39 is 0 Å². The Morgan fingerprint density at radius 3 is 2.85 bits per heavy atom. The fourth-order valence-electron chi connectivity index (χ4n) is 2.02. The minimum Gasteiger partial charge on any atom is -0.346 e. The van der Waals surface area contributed by atoms with Crippen molar-refractivity contribution in [2.75, 3.05) is 12.3 Å². The van der Waals surface area contributed by atoms with E-state index in [4.69, 9.17) is 16.6 Å². The minimum atomic E-state index is 0.736. The summed E-state index contributed by atoms with van der Waals surface area (Å²) in [5, 5.41) is 1.80. The lowest BCUT2D eigenvalue weighted by molar-refractivity contribution is 0.456. The highest BCUT2D eigenvalue weighted by Crippen LogP contribution is 2.25. The van der Waals surface area contributed by atoms with Crippen molar-refractivity contribution < 1.29 is 0 Å². The molecule has 1 aliphatic heterocycles. The number of aliphatic imine (C=N–C) groups is 1. The van der Waals surface area contributed by atoms with E-state index in [2.05, 4.69) is 16.0 Å². The van der Waals surface area contributed by atoms with Gasteiger partial charge in [-0.2, -0.15) is 0 Å². The lowest BCUT2D eigenvalue weighted by Crippen LogP contribution is -2.23. The zero-order valence-corrected chi connectivity index (χ0v) is 12.4. The molecular weight excluding hydrogens is 290 g/mol. The summed E-state index contributed by atoms with van der Waals surface area (Å²) >= 11 is 7.68. The number of hydrogen-bond donors (Lipinski definition) is 0. The van der Waals surface area contributed by atoms with E-state index in [0.29, 0.717) is 0 Å². The summed E-state index contributed by atoms with van der Waals surface area (Å²) < 4.78 is 0. The number of amidine groups is 1. The zero-order chi connectivity index (χ0) is 13.8. The van der Waals surface area contributed by atoms with Crippen LogP contribution in [-0.4, -0.2) is 27.3 Å². The molecule has 2 heterocycles. The fraction of sp³-hybridized carbons (Fsp3) is 0.200. The summed E-state index contributed by atoms with van der Waals surface area (Å²) in [5.41, 5.74) is 2.15. The Hall–Kier alpha value is -1.52. The molecule has 1 aromatic carbocycles. The predicted octanol–water partition coefficient (Wildman–Crippen LogP) is 3.97. The van der Waals surface area contributed by atoms with Gasteiger partial charge in [0.25, 0.3) is 0 Å². The quantitative estimate of drug-likeness (QED) is 0.859. The van der Waals surface area contributed by atoms with Crippen LogP contribution in [0.25, 0.3) is 0 Å². The lowest BCUT2D eigenvalue weighted by atomic mass is 10.3. The van der Waals surface area contributed by atoms with Gasteiger partial charge in [-0.05, 0) is 35.9 Å². The zero-order valence-electron chi connectivity index (χ0n) is 10.9. The van der Waals surface area contributed by atoms with Crippen molar-refractivity contribution in [1.82, 2.24) is 9.88 Å². The molecular formula is C15H14ClN3S. The lowest BCUT2D eigenvalue weighted by Gasteiger charge is -2.17. The van der Waals surface area contributed by atoms with Crippen LogP contribution in [0.1, 0.15) is 5.56 Å². The van der Waals surface area contributed by atoms with Gasteiger partial charge in [-0.3, -0.25) is 4.98 Å². The number of nitrogens with zero attached hydrogens (tertiary/aromatic N) is 3. The van der Waals surface area contributed by atoms with E-state index in [1.54, 1.807) is 18.0 Å². The molecule has 0 atom stereocenters. The molecule has 0 N–H and O–H groups in total. The number of benzene rings is 1. The highest BCUT2D eigenvalue weighted by molar-refractivity contribution is 8.14. The van der Waals surface area contributed by atoms with Crippen molar-refractivity contribution in [2.24, 2.45) is 4.99 Å². The summed E-state index contributed by atoms with van der Waals surface area (Å²) in [6.45, 7) is 1.87. The summed E-state index contributed by atoms with van der Waals surface area (Å²) in [5.74, 6) is 1.08. The Bertz CT molecular complexity index is 598. The first-order valence-corrected chi connectivity index (χ1v) is 7.78. The van der Waals surface area contributed by atoms with Gasteiger partial charge in [0, 0.05) is 36.3 Å². The fourth-order valence-corrected chi connectivity index (χ4v) is 3.15. The average Bonchev–Trinajstić information content (AvgIpc) is 2.90. The Morgan fingerprint density at radius 2 is 2.10 bits per heavy atom. The second-order valence-electron chi connectivity index (χ2n) is 4.50. The number of aromatic nitrogens is 1. The van der Waals surface area contributed by atoms with Crippen molar-refractivity contribution >= 4 is 34.2 Å². The van der Waals surface area contributed by atoms with Gasteiger partial charge < -0.3 is 4.90 Å². The van der Waals surface area contributed by atoms with Gasteiger partial charge in [-0.15, -0.1) is 0 Å². The van der Waals surface area contributed by atoms with Crippen LogP contribution in [0.3, 0.4) is 0 Å². The Labute approximate surface area is 127 Å². The maximum absolute atomic E-state index is 5.89. The number of pyridine rings is 1. The Kier molecular flexibility index (Phi) is 4.23. The van der Waals surface area contributed by atoms with Gasteiger partial charge in [-0.1, -0.05) is 29.4 Å². The first-order valence-electron chi connectivity index (χ1n) is 6.42. The molecule has 0 unspecified atom stereocenters. The molecule has 3 rings (SSSR count). The molecule has 0 saturated carbocycles. The highest BCUT2D eigenvalue weighted by atomic mass is 35.5. The summed E-state index contributed by atoms with van der Waals surface area (Å²) in [6.07, 6.45) is 3.70. The molecule has 1 aromatic heterocycles. The van der Waals surface area contributed by atoms with E-state index in [0.717, 1.165) is 34.7 Å². The van der Waals surface area contributed by atoms with Crippen LogP contribution in [0, 0.1) is 0 Å². The molecule has 5 heteroatoms. The maximum atomic E-state index is 5.89. The summed E-state index contributed by atoms with van der Waals surface area (Å²) in [6, 6.07) is 11.7. The largest absolute Gasteiger partial charge is 0.346 e. The first kappa shape index (κ1) is 13.5. The number of hydrogen-bond acceptors (Lipinski definition) is 3. The van der Waals surface area contributed by atoms with Crippen LogP contribution in [0.2, 0.25) is 5.02 Å². The monoisotopic (exact) mass is 303 g/mol. The first-order chi connectivity index (χ1) is 9.81. The van der Waals surface area contributed by atoms with Crippen molar-refractivity contribution in [3.63, 3.8) is 0 Å². The standard InChI is InChI=1S/C15H14ClN3S/c16-13-3-5-14(6-4-13)18-15-19(8-9-20-15)11-12-2-1-7-17-10-12/h1-7,10H,8-9,11H2. The average molecular weight is 304 g/mol. The molecule has 102 valence electrons. The second kappa shape index (κ2) is 6.29. The third kappa shape index (κ3) is 3.32. The van der Waals surface area contributed by atoms with Crippen molar-refractivity contribution in [2.45, 2.75) is 6.54 Å². The van der Waals surface area contributed by atoms with Crippen molar-refractivity contribution in [3.05, 3.63) is 59.4 Å². The van der Waals surface area contributed by atoms with Crippen LogP contribution in [-0.2, 0) is 6.54 Å². The number of halogens is 1. The maximum Gasteiger partial charge on any atom is 0.164 e. The van der Waals surface area contributed by atoms with Gasteiger partial charge in [0.1, 0.15) is 0 Å². The van der Waals surface area contributed by atoms with Gasteiger partial charge in [0.15, 0.2) is 5.17 Å². The van der Waals surface area contributed by atoms with Crippen molar-refractivity contribution in [1.29, 1.82) is 0 Å². The van der Waals surface area contributed by atoms with E-state index >= 15 is 0 Å². The van der Waals surface area contributed by atoms with Crippen LogP contribution >= 0.6 is 23.4 Å². The smallest absolute Gasteiger partial charge is 0.164 e. The van der Waals surface area contributed by atoms with E-state index in [9.17, 15) is 0 Å². The third-order valence-corrected chi connectivity index (χ3v) is 4.26. The SMILES string of the molecule is Clc1ccc(N=C2SCCN2Cc2cccnc2)cc1. The van der Waals surface area contributed by atoms with Crippen LogP contribution < -0.4 is 0 Å². The normalized spacial score (nSPS) is 16.9. The molecule has 20 heavy (non-hydrogen) atoms. The van der Waals surface area contributed by atoms with Crippen LogP contribution in [0.5, 0.6) is 0 Å². The van der Waals surface area contributed by atoms with Crippen molar-refractivity contribution in [3.8, 4) is 0 Å². The molecule has 1 aliphatic rings. The van der Waals surface area contributed by atoms with Gasteiger partial charge in [0.05, 0.1) is 5.69 Å². The topological polar surface area (TPSA) is 28.5 Å². The number of thioether (sulfide) groups is 1. The number of rotatable bonds is 3. The Morgan fingerprint density at radius 1 is 1.25 bits per heavy atom. The molecule has 0 bridgehead atoms. The van der Waals surface area contributed by atoms with E-state index in [-0.39, 0.29) is 0 Å². The molecule has 0 aliphatic carbocycles. The highest BCUT2D eigenvalue weighted by Gasteiger charge is 2.19. The van der Waals surface area contributed by atoms with Gasteiger partial charge in [-0.25, -0.2) is 4.99 Å². The predicted molar refractivity (Wildman–Crippen MR) is 85.7 cm³/mol. The van der Waals surface area contributed by atoms with E-state index in [1.807, 2.05) is 36.5 Å². The second-order valence-corrected chi connectivity index (χ2v) is 6.00. The molecule has 0 spiro atoms. The summed E-state index contributed by atoms with van der Waals surface area (Å²) in [7, 11) is 0. The molecule has 1 saturated heterocycles. The van der Waals surface area contributed by atoms with E-state index in [1.165, 1.54) is 5.56 Å². The molecule has 3 nitrogen and oxygen atoms in total. The van der Waals surface area contributed by atoms with Gasteiger partial charge in [0.2, 0.25) is 0 Å². The Balaban J connectivity index is 1.76. The molecule has 1 fully saturated rings. The molecule has 0 amide bonds. The molecule has 2 aromatic rings. The third-order valence-electron chi connectivity index (χ3n) is 3.01. The minimum absolute atomic E-state index is 0.736.